The number of halogens is 1. The highest BCUT2D eigenvalue weighted by atomic mass is 19.1. The van der Waals surface area contributed by atoms with E-state index in [1.54, 1.807) is 7.05 Å². The number of carbonyl (C=O) groups excluding carboxylic acids is 1. The fourth-order valence-electron chi connectivity index (χ4n) is 1.78. The van der Waals surface area contributed by atoms with Crippen LogP contribution in [0.5, 0.6) is 0 Å². The SMILES string of the molecule is CCCCN(C)C(=NC)NCC(=O)Nc1ccc(F)cc1. The first-order valence-electron chi connectivity index (χ1n) is 7.04. The van der Waals surface area contributed by atoms with Gasteiger partial charge in [0.2, 0.25) is 5.91 Å². The fourth-order valence-corrected chi connectivity index (χ4v) is 1.78. The molecule has 0 aliphatic rings. The Labute approximate surface area is 125 Å². The summed E-state index contributed by atoms with van der Waals surface area (Å²) >= 11 is 0. The molecule has 1 amide bonds. The van der Waals surface area contributed by atoms with E-state index in [0.29, 0.717) is 11.6 Å². The number of benzene rings is 1. The van der Waals surface area contributed by atoms with Crippen LogP contribution in [0.4, 0.5) is 10.1 Å². The molecule has 0 fully saturated rings. The largest absolute Gasteiger partial charge is 0.347 e. The molecule has 6 heteroatoms. The fraction of sp³-hybridized carbons (Fsp3) is 0.467. The number of hydrogen-bond donors (Lipinski definition) is 2. The molecule has 2 N–H and O–H groups in total. The number of carbonyl (C=O) groups is 1. The number of guanidine groups is 1. The van der Waals surface area contributed by atoms with Crippen molar-refractivity contribution in [3.8, 4) is 0 Å². The van der Waals surface area contributed by atoms with Gasteiger partial charge in [0, 0.05) is 26.3 Å². The molecule has 0 bridgehead atoms. The van der Waals surface area contributed by atoms with Gasteiger partial charge < -0.3 is 15.5 Å². The second kappa shape index (κ2) is 8.94. The quantitative estimate of drug-likeness (QED) is 0.624. The minimum absolute atomic E-state index is 0.112. The number of aliphatic imine (C=N–C) groups is 1. The molecule has 0 aromatic heterocycles. The normalized spacial score (nSPS) is 11.1. The molecule has 0 atom stereocenters. The van der Waals surface area contributed by atoms with Gasteiger partial charge >= 0.3 is 0 Å². The monoisotopic (exact) mass is 294 g/mol. The van der Waals surface area contributed by atoms with Gasteiger partial charge in [0.25, 0.3) is 0 Å². The van der Waals surface area contributed by atoms with E-state index in [4.69, 9.17) is 0 Å². The average Bonchev–Trinajstić information content (AvgIpc) is 2.48. The lowest BCUT2D eigenvalue weighted by Gasteiger charge is -2.21. The Morgan fingerprint density at radius 3 is 2.57 bits per heavy atom. The van der Waals surface area contributed by atoms with Crippen molar-refractivity contribution in [3.63, 3.8) is 0 Å². The van der Waals surface area contributed by atoms with Crippen LogP contribution >= 0.6 is 0 Å². The smallest absolute Gasteiger partial charge is 0.243 e. The molecular formula is C15H23FN4O. The predicted molar refractivity (Wildman–Crippen MR) is 83.9 cm³/mol. The lowest BCUT2D eigenvalue weighted by molar-refractivity contribution is -0.115. The highest BCUT2D eigenvalue weighted by molar-refractivity contribution is 5.94. The first-order chi connectivity index (χ1) is 10.1. The lowest BCUT2D eigenvalue weighted by Crippen LogP contribution is -2.42. The van der Waals surface area contributed by atoms with E-state index in [9.17, 15) is 9.18 Å². The highest BCUT2D eigenvalue weighted by Crippen LogP contribution is 2.07. The summed E-state index contributed by atoms with van der Waals surface area (Å²) < 4.78 is 12.8. The van der Waals surface area contributed by atoms with Crippen molar-refractivity contribution in [3.05, 3.63) is 30.1 Å². The van der Waals surface area contributed by atoms with Crippen LogP contribution in [0.25, 0.3) is 0 Å². The standard InChI is InChI=1S/C15H23FN4O/c1-4-5-10-20(3)15(17-2)18-11-14(21)19-13-8-6-12(16)7-9-13/h6-9H,4-5,10-11H2,1-3H3,(H,17,18)(H,19,21). The van der Waals surface area contributed by atoms with Crippen LogP contribution in [0.3, 0.4) is 0 Å². The second-order valence-corrected chi connectivity index (χ2v) is 4.73. The van der Waals surface area contributed by atoms with E-state index in [1.807, 2.05) is 11.9 Å². The van der Waals surface area contributed by atoms with Crippen LogP contribution < -0.4 is 10.6 Å². The summed E-state index contributed by atoms with van der Waals surface area (Å²) in [6.07, 6.45) is 2.17. The van der Waals surface area contributed by atoms with Gasteiger partial charge in [-0.1, -0.05) is 13.3 Å². The molecule has 1 aromatic carbocycles. The summed E-state index contributed by atoms with van der Waals surface area (Å²) in [6, 6.07) is 5.66. The van der Waals surface area contributed by atoms with Crippen LogP contribution in [-0.2, 0) is 4.79 Å². The van der Waals surface area contributed by atoms with Gasteiger partial charge in [0.1, 0.15) is 5.82 Å². The molecule has 5 nitrogen and oxygen atoms in total. The third-order valence-corrected chi connectivity index (χ3v) is 2.96. The van der Waals surface area contributed by atoms with Crippen molar-refractivity contribution in [1.29, 1.82) is 0 Å². The zero-order valence-corrected chi connectivity index (χ0v) is 12.8. The molecular weight excluding hydrogens is 271 g/mol. The summed E-state index contributed by atoms with van der Waals surface area (Å²) in [5, 5.41) is 5.69. The lowest BCUT2D eigenvalue weighted by atomic mass is 10.3. The van der Waals surface area contributed by atoms with E-state index in [2.05, 4.69) is 22.5 Å². The Morgan fingerprint density at radius 1 is 1.33 bits per heavy atom. The highest BCUT2D eigenvalue weighted by Gasteiger charge is 2.08. The molecule has 0 heterocycles. The van der Waals surface area contributed by atoms with Crippen molar-refractivity contribution in [2.45, 2.75) is 19.8 Å². The van der Waals surface area contributed by atoms with Gasteiger partial charge in [-0.2, -0.15) is 0 Å². The van der Waals surface area contributed by atoms with Crippen molar-refractivity contribution in [1.82, 2.24) is 10.2 Å². The Balaban J connectivity index is 2.42. The van der Waals surface area contributed by atoms with Crippen LogP contribution in [0.2, 0.25) is 0 Å². The second-order valence-electron chi connectivity index (χ2n) is 4.73. The van der Waals surface area contributed by atoms with Crippen LogP contribution in [0, 0.1) is 5.82 Å². The van der Waals surface area contributed by atoms with Gasteiger partial charge in [-0.05, 0) is 30.7 Å². The van der Waals surface area contributed by atoms with Crippen molar-refractivity contribution < 1.29 is 9.18 Å². The van der Waals surface area contributed by atoms with Crippen LogP contribution in [0.1, 0.15) is 19.8 Å². The first-order valence-corrected chi connectivity index (χ1v) is 7.04. The minimum atomic E-state index is -0.330. The van der Waals surface area contributed by atoms with Crippen molar-refractivity contribution in [2.75, 3.05) is 32.5 Å². The number of amides is 1. The molecule has 1 rings (SSSR count). The maximum Gasteiger partial charge on any atom is 0.243 e. The summed E-state index contributed by atoms with van der Waals surface area (Å²) in [4.78, 5) is 17.9. The van der Waals surface area contributed by atoms with Gasteiger partial charge in [-0.3, -0.25) is 9.79 Å². The van der Waals surface area contributed by atoms with Gasteiger partial charge in [-0.15, -0.1) is 0 Å². The Kier molecular flexibility index (Phi) is 7.21. The van der Waals surface area contributed by atoms with Crippen molar-refractivity contribution in [2.24, 2.45) is 4.99 Å². The molecule has 0 aliphatic heterocycles. The van der Waals surface area contributed by atoms with Crippen molar-refractivity contribution >= 4 is 17.6 Å². The van der Waals surface area contributed by atoms with Gasteiger partial charge in [-0.25, -0.2) is 4.39 Å². The van der Waals surface area contributed by atoms with Crippen LogP contribution in [0.15, 0.2) is 29.3 Å². The van der Waals surface area contributed by atoms with E-state index >= 15 is 0 Å². The summed E-state index contributed by atoms with van der Waals surface area (Å²) in [6.45, 7) is 3.12. The Bertz CT molecular complexity index is 473. The zero-order chi connectivity index (χ0) is 15.7. The molecule has 0 unspecified atom stereocenters. The number of nitrogens with one attached hydrogen (secondary N) is 2. The van der Waals surface area contributed by atoms with Gasteiger partial charge in [0.15, 0.2) is 5.96 Å². The molecule has 0 saturated heterocycles. The van der Waals surface area contributed by atoms with Crippen LogP contribution in [-0.4, -0.2) is 44.0 Å². The molecule has 116 valence electrons. The number of nitrogens with zero attached hydrogens (tertiary/aromatic N) is 2. The summed E-state index contributed by atoms with van der Waals surface area (Å²) in [5.41, 5.74) is 0.567. The number of unbranched alkanes of at least 4 members (excludes halogenated alkanes) is 1. The van der Waals surface area contributed by atoms with E-state index in [0.717, 1.165) is 19.4 Å². The van der Waals surface area contributed by atoms with Gasteiger partial charge in [0.05, 0.1) is 6.54 Å². The maximum atomic E-state index is 12.8. The predicted octanol–water partition coefficient (Wildman–Crippen LogP) is 2.07. The zero-order valence-electron chi connectivity index (χ0n) is 12.8. The topological polar surface area (TPSA) is 56.7 Å². The minimum Gasteiger partial charge on any atom is -0.347 e. The molecule has 21 heavy (non-hydrogen) atoms. The van der Waals surface area contributed by atoms with E-state index in [-0.39, 0.29) is 18.3 Å². The third-order valence-electron chi connectivity index (χ3n) is 2.96. The number of anilines is 1. The number of hydrogen-bond acceptors (Lipinski definition) is 2. The molecule has 0 saturated carbocycles. The first kappa shape index (κ1) is 16.9. The summed E-state index contributed by atoms with van der Waals surface area (Å²) in [7, 11) is 3.62. The molecule has 0 radical (unpaired) electrons. The summed E-state index contributed by atoms with van der Waals surface area (Å²) in [5.74, 6) is 0.147. The Morgan fingerprint density at radius 2 is 2.00 bits per heavy atom. The average molecular weight is 294 g/mol. The maximum absolute atomic E-state index is 12.8. The third kappa shape index (κ3) is 6.25. The van der Waals surface area contributed by atoms with E-state index in [1.165, 1.54) is 24.3 Å². The number of rotatable bonds is 6. The Hall–Kier alpha value is -2.11. The molecule has 0 aliphatic carbocycles. The molecule has 0 spiro atoms. The van der Waals surface area contributed by atoms with E-state index < -0.39 is 0 Å². The molecule has 1 aromatic rings.